The summed E-state index contributed by atoms with van der Waals surface area (Å²) in [7, 11) is 0. The van der Waals surface area contributed by atoms with Crippen LogP contribution in [0.3, 0.4) is 0 Å². The molecule has 1 aromatic heterocycles. The maximum absolute atomic E-state index is 12.3. The van der Waals surface area contributed by atoms with E-state index in [4.69, 9.17) is 14.2 Å². The van der Waals surface area contributed by atoms with E-state index in [1.54, 1.807) is 17.3 Å². The van der Waals surface area contributed by atoms with Crippen molar-refractivity contribution in [2.45, 2.75) is 51.6 Å². The van der Waals surface area contributed by atoms with Gasteiger partial charge < -0.3 is 19.1 Å². The first kappa shape index (κ1) is 18.7. The number of pyridine rings is 1. The molecule has 2 aliphatic heterocycles. The first-order valence-electron chi connectivity index (χ1n) is 9.68. The minimum absolute atomic E-state index is 0.277. The van der Waals surface area contributed by atoms with Crippen LogP contribution in [0, 0.1) is 0 Å². The predicted octanol–water partition coefficient (Wildman–Crippen LogP) is 4.38. The van der Waals surface area contributed by atoms with Crippen LogP contribution in [0.15, 0.2) is 42.7 Å². The van der Waals surface area contributed by atoms with Gasteiger partial charge in [0.2, 0.25) is 5.79 Å². The molecule has 1 amide bonds. The van der Waals surface area contributed by atoms with Crippen molar-refractivity contribution >= 4 is 6.09 Å². The maximum Gasteiger partial charge on any atom is 0.410 e. The van der Waals surface area contributed by atoms with Crippen LogP contribution in [-0.2, 0) is 16.1 Å². The molecule has 3 heterocycles. The fraction of sp³-hybridized carbons (Fsp3) is 0.455. The molecule has 2 aromatic rings. The van der Waals surface area contributed by atoms with Crippen molar-refractivity contribution < 1.29 is 19.0 Å². The summed E-state index contributed by atoms with van der Waals surface area (Å²) in [5, 5.41) is 0. The fourth-order valence-corrected chi connectivity index (χ4v) is 3.56. The third-order valence-electron chi connectivity index (χ3n) is 5.04. The monoisotopic (exact) mass is 382 g/mol. The Balaban J connectivity index is 1.43. The van der Waals surface area contributed by atoms with E-state index >= 15 is 0 Å². The fourth-order valence-electron chi connectivity index (χ4n) is 3.56. The number of piperidine rings is 1. The number of hydrogen-bond donors (Lipinski definition) is 0. The Hall–Kier alpha value is -2.60. The molecule has 0 atom stereocenters. The highest BCUT2D eigenvalue weighted by Crippen LogP contribution is 2.39. The number of ether oxygens (including phenoxy) is 3. The number of likely N-dealkylation sites (tertiary alicyclic amines) is 1. The molecule has 148 valence electrons. The molecule has 1 aromatic carbocycles. The normalized spacial score (nSPS) is 18.3. The Morgan fingerprint density at radius 3 is 2.50 bits per heavy atom. The molecule has 6 heteroatoms. The Morgan fingerprint density at radius 2 is 1.82 bits per heavy atom. The summed E-state index contributed by atoms with van der Waals surface area (Å²) in [5.41, 5.74) is 2.78. The van der Waals surface area contributed by atoms with Crippen molar-refractivity contribution in [3.8, 4) is 16.9 Å². The largest absolute Gasteiger partial charge is 0.462 e. The van der Waals surface area contributed by atoms with Crippen molar-refractivity contribution in [2.24, 2.45) is 0 Å². The van der Waals surface area contributed by atoms with Crippen molar-refractivity contribution in [1.82, 2.24) is 9.88 Å². The summed E-state index contributed by atoms with van der Waals surface area (Å²) in [5.74, 6) is 0.193. The SMILES string of the molecule is CC(C)(C)OC(=O)N1CCC2(CC1)OCc1cc(-c3ccncc3)ccc1O2. The number of carbonyl (C=O) groups is 1. The summed E-state index contributed by atoms with van der Waals surface area (Å²) in [6.45, 7) is 7.24. The van der Waals surface area contributed by atoms with Crippen molar-refractivity contribution in [3.63, 3.8) is 0 Å². The van der Waals surface area contributed by atoms with Crippen LogP contribution in [0.25, 0.3) is 11.1 Å². The number of rotatable bonds is 1. The van der Waals surface area contributed by atoms with Gasteiger partial charge in [-0.15, -0.1) is 0 Å². The zero-order chi connectivity index (χ0) is 19.8. The molecule has 0 N–H and O–H groups in total. The number of amides is 1. The van der Waals surface area contributed by atoms with Gasteiger partial charge in [-0.25, -0.2) is 4.79 Å². The lowest BCUT2D eigenvalue weighted by atomic mass is 9.99. The van der Waals surface area contributed by atoms with E-state index in [0.29, 0.717) is 32.5 Å². The van der Waals surface area contributed by atoms with E-state index in [0.717, 1.165) is 22.4 Å². The van der Waals surface area contributed by atoms with Crippen LogP contribution < -0.4 is 4.74 Å². The summed E-state index contributed by atoms with van der Waals surface area (Å²) in [4.78, 5) is 18.1. The maximum atomic E-state index is 12.3. The summed E-state index contributed by atoms with van der Waals surface area (Å²) >= 11 is 0. The van der Waals surface area contributed by atoms with Crippen molar-refractivity contribution in [2.75, 3.05) is 13.1 Å². The van der Waals surface area contributed by atoms with Gasteiger partial charge in [0, 0.05) is 43.9 Å². The number of nitrogens with zero attached hydrogens (tertiary/aromatic N) is 2. The third kappa shape index (κ3) is 3.97. The summed E-state index contributed by atoms with van der Waals surface area (Å²) < 4.78 is 17.9. The van der Waals surface area contributed by atoms with Gasteiger partial charge in [0.25, 0.3) is 0 Å². The van der Waals surface area contributed by atoms with Crippen LogP contribution in [0.1, 0.15) is 39.2 Å². The van der Waals surface area contributed by atoms with E-state index in [1.807, 2.05) is 39.0 Å². The molecule has 0 saturated carbocycles. The van der Waals surface area contributed by atoms with Gasteiger partial charge in [-0.2, -0.15) is 0 Å². The van der Waals surface area contributed by atoms with Crippen molar-refractivity contribution in [1.29, 1.82) is 0 Å². The van der Waals surface area contributed by atoms with Gasteiger partial charge in [0.1, 0.15) is 11.4 Å². The number of aromatic nitrogens is 1. The number of hydrogen-bond acceptors (Lipinski definition) is 5. The zero-order valence-electron chi connectivity index (χ0n) is 16.6. The van der Waals surface area contributed by atoms with Crippen LogP contribution in [0.5, 0.6) is 5.75 Å². The molecular weight excluding hydrogens is 356 g/mol. The smallest absolute Gasteiger partial charge is 0.410 e. The molecular formula is C22H26N2O4. The first-order chi connectivity index (χ1) is 13.3. The van der Waals surface area contributed by atoms with Gasteiger partial charge in [0.15, 0.2) is 0 Å². The quantitative estimate of drug-likeness (QED) is 0.732. The van der Waals surface area contributed by atoms with Crippen LogP contribution in [0.2, 0.25) is 0 Å². The lowest BCUT2D eigenvalue weighted by Crippen LogP contribution is -2.53. The number of fused-ring (bicyclic) bond motifs is 1. The molecule has 28 heavy (non-hydrogen) atoms. The highest BCUT2D eigenvalue weighted by molar-refractivity contribution is 5.68. The van der Waals surface area contributed by atoms with E-state index in [-0.39, 0.29) is 6.09 Å². The third-order valence-corrected chi connectivity index (χ3v) is 5.04. The Labute approximate surface area is 165 Å². The second-order valence-corrected chi connectivity index (χ2v) is 8.33. The molecule has 0 unspecified atom stereocenters. The average molecular weight is 382 g/mol. The molecule has 0 radical (unpaired) electrons. The zero-order valence-corrected chi connectivity index (χ0v) is 16.6. The highest BCUT2D eigenvalue weighted by Gasteiger charge is 2.42. The molecule has 2 aliphatic rings. The molecule has 0 bridgehead atoms. The molecule has 4 rings (SSSR count). The predicted molar refractivity (Wildman–Crippen MR) is 105 cm³/mol. The molecule has 6 nitrogen and oxygen atoms in total. The van der Waals surface area contributed by atoms with Gasteiger partial charge >= 0.3 is 6.09 Å². The van der Waals surface area contributed by atoms with Crippen LogP contribution in [0.4, 0.5) is 4.79 Å². The van der Waals surface area contributed by atoms with Crippen LogP contribution in [-0.4, -0.2) is 40.5 Å². The van der Waals surface area contributed by atoms with E-state index < -0.39 is 11.4 Å². The minimum Gasteiger partial charge on any atom is -0.462 e. The minimum atomic E-state index is -0.663. The number of carbonyl (C=O) groups excluding carboxylic acids is 1. The summed E-state index contributed by atoms with van der Waals surface area (Å²) in [6, 6.07) is 10.1. The standard InChI is InChI=1S/C22H26N2O4/c1-21(2,3)28-20(25)24-12-8-22(9-13-24)26-15-18-14-17(4-5-19(18)27-22)16-6-10-23-11-7-16/h4-7,10-11,14H,8-9,12-13,15H2,1-3H3. The van der Waals surface area contributed by atoms with Gasteiger partial charge in [-0.1, -0.05) is 6.07 Å². The Kier molecular flexibility index (Phi) is 4.75. The number of benzene rings is 1. The molecule has 1 fully saturated rings. The highest BCUT2D eigenvalue weighted by atomic mass is 16.7. The van der Waals surface area contributed by atoms with Crippen LogP contribution >= 0.6 is 0 Å². The first-order valence-corrected chi connectivity index (χ1v) is 9.68. The van der Waals surface area contributed by atoms with Gasteiger partial charge in [-0.05, 0) is 56.2 Å². The topological polar surface area (TPSA) is 60.9 Å². The van der Waals surface area contributed by atoms with E-state index in [1.165, 1.54) is 0 Å². The molecule has 1 spiro atoms. The van der Waals surface area contributed by atoms with Gasteiger partial charge in [-0.3, -0.25) is 4.98 Å². The lowest BCUT2D eigenvalue weighted by Gasteiger charge is -2.44. The second-order valence-electron chi connectivity index (χ2n) is 8.33. The Morgan fingerprint density at radius 1 is 1.11 bits per heavy atom. The summed E-state index contributed by atoms with van der Waals surface area (Å²) in [6.07, 6.45) is 4.54. The van der Waals surface area contributed by atoms with Gasteiger partial charge in [0.05, 0.1) is 6.61 Å². The lowest BCUT2D eigenvalue weighted by molar-refractivity contribution is -0.226. The Bertz CT molecular complexity index is 853. The average Bonchev–Trinajstić information content (AvgIpc) is 2.67. The van der Waals surface area contributed by atoms with Crippen molar-refractivity contribution in [3.05, 3.63) is 48.3 Å². The van der Waals surface area contributed by atoms with E-state index in [9.17, 15) is 4.79 Å². The molecule has 1 saturated heterocycles. The van der Waals surface area contributed by atoms with E-state index in [2.05, 4.69) is 17.1 Å². The second kappa shape index (κ2) is 7.09. The molecule has 0 aliphatic carbocycles.